The summed E-state index contributed by atoms with van der Waals surface area (Å²) in [5.74, 6) is -0.345. The molecule has 3 rings (SSSR count). The summed E-state index contributed by atoms with van der Waals surface area (Å²) < 4.78 is 14.7. The van der Waals surface area contributed by atoms with Crippen LogP contribution in [0.2, 0.25) is 5.02 Å². The minimum atomic E-state index is -0.220. The molecule has 0 spiro atoms. The number of rotatable bonds is 3. The normalized spacial score (nSPS) is 15.4. The first-order chi connectivity index (χ1) is 11.5. The second-order valence-electron chi connectivity index (χ2n) is 5.83. The molecule has 0 unspecified atom stereocenters. The number of nitrogens with one attached hydrogen (secondary N) is 1. The molecule has 0 aliphatic carbocycles. The Labute approximate surface area is 153 Å². The van der Waals surface area contributed by atoms with Gasteiger partial charge in [-0.2, -0.15) is 0 Å². The highest BCUT2D eigenvalue weighted by atomic mass is 79.9. The number of anilines is 2. The third-order valence-corrected chi connectivity index (χ3v) is 5.05. The Hall–Kier alpha value is -1.59. The molecule has 6 heteroatoms. The summed E-state index contributed by atoms with van der Waals surface area (Å²) in [5.41, 5.74) is 1.22. The predicted octanol–water partition coefficient (Wildman–Crippen LogP) is 5.10. The SMILES string of the molecule is O=C(Nc1ccc(Br)cc1Cl)C1CCN(c2ccccc2F)CC1. The number of hydrogen-bond donors (Lipinski definition) is 1. The molecule has 1 heterocycles. The molecular weight excluding hydrogens is 395 g/mol. The van der Waals surface area contributed by atoms with Crippen molar-refractivity contribution in [3.8, 4) is 0 Å². The van der Waals surface area contributed by atoms with Gasteiger partial charge in [-0.15, -0.1) is 0 Å². The van der Waals surface area contributed by atoms with Crippen molar-refractivity contribution in [2.75, 3.05) is 23.3 Å². The summed E-state index contributed by atoms with van der Waals surface area (Å²) in [6, 6.07) is 12.1. The number of para-hydroxylation sites is 1. The molecule has 1 N–H and O–H groups in total. The Morgan fingerprint density at radius 1 is 1.21 bits per heavy atom. The van der Waals surface area contributed by atoms with Crippen LogP contribution in [0.15, 0.2) is 46.9 Å². The maximum atomic E-state index is 13.9. The van der Waals surface area contributed by atoms with Gasteiger partial charge in [-0.05, 0) is 43.2 Å². The molecule has 1 fully saturated rings. The lowest BCUT2D eigenvalue weighted by molar-refractivity contribution is -0.120. The van der Waals surface area contributed by atoms with E-state index < -0.39 is 0 Å². The number of carbonyl (C=O) groups excluding carboxylic acids is 1. The van der Waals surface area contributed by atoms with Crippen molar-refractivity contribution in [2.45, 2.75) is 12.8 Å². The van der Waals surface area contributed by atoms with Gasteiger partial charge in [-0.1, -0.05) is 39.7 Å². The number of hydrogen-bond acceptors (Lipinski definition) is 2. The molecule has 3 nitrogen and oxygen atoms in total. The molecule has 0 radical (unpaired) electrons. The largest absolute Gasteiger partial charge is 0.369 e. The molecular formula is C18H17BrClFN2O. The highest BCUT2D eigenvalue weighted by Crippen LogP contribution is 2.29. The summed E-state index contributed by atoms with van der Waals surface area (Å²) in [6.07, 6.45) is 1.38. The van der Waals surface area contributed by atoms with Crippen LogP contribution < -0.4 is 10.2 Å². The maximum Gasteiger partial charge on any atom is 0.227 e. The molecule has 0 aromatic heterocycles. The summed E-state index contributed by atoms with van der Waals surface area (Å²) in [4.78, 5) is 14.4. The zero-order chi connectivity index (χ0) is 17.1. The minimum absolute atomic E-state index is 0.0348. The number of carbonyl (C=O) groups is 1. The van der Waals surface area contributed by atoms with Gasteiger partial charge in [-0.25, -0.2) is 4.39 Å². The summed E-state index contributed by atoms with van der Waals surface area (Å²) in [5, 5.41) is 3.39. The summed E-state index contributed by atoms with van der Waals surface area (Å²) in [7, 11) is 0. The van der Waals surface area contributed by atoms with Crippen LogP contribution in [0.5, 0.6) is 0 Å². The third-order valence-electron chi connectivity index (χ3n) is 4.25. The van der Waals surface area contributed by atoms with E-state index in [1.807, 2.05) is 17.0 Å². The Balaban J connectivity index is 1.60. The van der Waals surface area contributed by atoms with E-state index >= 15 is 0 Å². The van der Waals surface area contributed by atoms with Crippen LogP contribution >= 0.6 is 27.5 Å². The van der Waals surface area contributed by atoms with Gasteiger partial charge in [0.05, 0.1) is 16.4 Å². The van der Waals surface area contributed by atoms with E-state index in [-0.39, 0.29) is 17.6 Å². The molecule has 24 heavy (non-hydrogen) atoms. The van der Waals surface area contributed by atoms with Crippen molar-refractivity contribution >= 4 is 44.8 Å². The van der Waals surface area contributed by atoms with Crippen LogP contribution in [0.4, 0.5) is 15.8 Å². The first kappa shape index (κ1) is 17.2. The number of piperidine rings is 1. The molecule has 1 aliphatic heterocycles. The Kier molecular flexibility index (Phi) is 5.41. The second kappa shape index (κ2) is 7.53. The van der Waals surface area contributed by atoms with Crippen molar-refractivity contribution in [1.82, 2.24) is 0 Å². The van der Waals surface area contributed by atoms with E-state index in [0.717, 1.165) is 4.47 Å². The van der Waals surface area contributed by atoms with E-state index in [4.69, 9.17) is 11.6 Å². The van der Waals surface area contributed by atoms with Crippen LogP contribution in [0.3, 0.4) is 0 Å². The van der Waals surface area contributed by atoms with E-state index in [1.54, 1.807) is 24.3 Å². The van der Waals surface area contributed by atoms with Gasteiger partial charge in [0.2, 0.25) is 5.91 Å². The zero-order valence-electron chi connectivity index (χ0n) is 12.9. The number of benzene rings is 2. The van der Waals surface area contributed by atoms with Crippen molar-refractivity contribution in [3.63, 3.8) is 0 Å². The predicted molar refractivity (Wildman–Crippen MR) is 99.1 cm³/mol. The molecule has 1 saturated heterocycles. The highest BCUT2D eigenvalue weighted by Gasteiger charge is 2.26. The smallest absolute Gasteiger partial charge is 0.227 e. The molecule has 0 bridgehead atoms. The lowest BCUT2D eigenvalue weighted by atomic mass is 9.95. The van der Waals surface area contributed by atoms with Gasteiger partial charge in [0.25, 0.3) is 0 Å². The average Bonchev–Trinajstić information content (AvgIpc) is 2.58. The zero-order valence-corrected chi connectivity index (χ0v) is 15.3. The Morgan fingerprint density at radius 2 is 1.92 bits per heavy atom. The molecule has 1 aliphatic rings. The summed E-state index contributed by atoms with van der Waals surface area (Å²) >= 11 is 9.48. The van der Waals surface area contributed by atoms with Crippen LogP contribution in [0.25, 0.3) is 0 Å². The van der Waals surface area contributed by atoms with Gasteiger partial charge < -0.3 is 10.2 Å². The number of halogens is 3. The number of nitrogens with zero attached hydrogens (tertiary/aromatic N) is 1. The fourth-order valence-corrected chi connectivity index (χ4v) is 3.64. The van der Waals surface area contributed by atoms with Gasteiger partial charge in [0.15, 0.2) is 0 Å². The van der Waals surface area contributed by atoms with E-state index in [2.05, 4.69) is 21.2 Å². The summed E-state index contributed by atoms with van der Waals surface area (Å²) in [6.45, 7) is 1.32. The molecule has 2 aromatic carbocycles. The van der Waals surface area contributed by atoms with Crippen LogP contribution in [-0.4, -0.2) is 19.0 Å². The van der Waals surface area contributed by atoms with E-state index in [1.165, 1.54) is 6.07 Å². The molecule has 2 aromatic rings. The maximum absolute atomic E-state index is 13.9. The standard InChI is InChI=1S/C18H17BrClFN2O/c19-13-5-6-16(14(20)11-13)22-18(24)12-7-9-23(10-8-12)17-4-2-1-3-15(17)21/h1-6,11-12H,7-10H2,(H,22,24). The highest BCUT2D eigenvalue weighted by molar-refractivity contribution is 9.10. The van der Waals surface area contributed by atoms with Crippen molar-refractivity contribution in [1.29, 1.82) is 0 Å². The Morgan fingerprint density at radius 3 is 2.58 bits per heavy atom. The van der Waals surface area contributed by atoms with E-state index in [0.29, 0.717) is 42.3 Å². The second-order valence-corrected chi connectivity index (χ2v) is 7.15. The van der Waals surface area contributed by atoms with E-state index in [9.17, 15) is 9.18 Å². The minimum Gasteiger partial charge on any atom is -0.369 e. The van der Waals surface area contributed by atoms with Gasteiger partial charge in [0.1, 0.15) is 5.82 Å². The Bertz CT molecular complexity index is 748. The monoisotopic (exact) mass is 410 g/mol. The van der Waals surface area contributed by atoms with Crippen molar-refractivity contribution in [2.24, 2.45) is 5.92 Å². The molecule has 1 amide bonds. The van der Waals surface area contributed by atoms with Gasteiger partial charge in [-0.3, -0.25) is 4.79 Å². The topological polar surface area (TPSA) is 32.3 Å². The fourth-order valence-electron chi connectivity index (χ4n) is 2.92. The fraction of sp³-hybridized carbons (Fsp3) is 0.278. The lowest BCUT2D eigenvalue weighted by Crippen LogP contribution is -2.38. The number of amides is 1. The third kappa shape index (κ3) is 3.90. The van der Waals surface area contributed by atoms with Crippen LogP contribution in [0.1, 0.15) is 12.8 Å². The average molecular weight is 412 g/mol. The van der Waals surface area contributed by atoms with Gasteiger partial charge >= 0.3 is 0 Å². The molecule has 0 atom stereocenters. The molecule has 126 valence electrons. The first-order valence-corrected chi connectivity index (χ1v) is 8.97. The van der Waals surface area contributed by atoms with Gasteiger partial charge in [0, 0.05) is 23.5 Å². The lowest BCUT2D eigenvalue weighted by Gasteiger charge is -2.33. The van der Waals surface area contributed by atoms with Crippen molar-refractivity contribution < 1.29 is 9.18 Å². The van der Waals surface area contributed by atoms with Crippen LogP contribution in [-0.2, 0) is 4.79 Å². The van der Waals surface area contributed by atoms with Crippen LogP contribution in [0, 0.1) is 11.7 Å². The molecule has 0 saturated carbocycles. The quantitative estimate of drug-likeness (QED) is 0.762. The van der Waals surface area contributed by atoms with Crippen molar-refractivity contribution in [3.05, 3.63) is 57.8 Å². The first-order valence-electron chi connectivity index (χ1n) is 7.80.